The Morgan fingerprint density at radius 2 is 1.50 bits per heavy atom. The highest BCUT2D eigenvalue weighted by atomic mass is 16.5. The van der Waals surface area contributed by atoms with Crippen molar-refractivity contribution in [1.29, 1.82) is 0 Å². The van der Waals surface area contributed by atoms with Crippen LogP contribution in [0.2, 0.25) is 0 Å². The van der Waals surface area contributed by atoms with Gasteiger partial charge in [-0.2, -0.15) is 0 Å². The average molecular weight is 322 g/mol. The number of carbonyl (C=O) groups excluding carboxylic acids is 1. The standard InChI is InChI=1S/C21H22O3/c1-3-5-6-7-21(22)24-20-14-10-18(11-15-20)17-8-12-19(13-9-17)23-16-4-2/h3,5-15H,4,16H2,1-2H3. The maximum atomic E-state index is 11.6. The molecule has 0 unspecified atom stereocenters. The molecule has 0 spiro atoms. The lowest BCUT2D eigenvalue weighted by molar-refractivity contribution is -0.128. The molecule has 124 valence electrons. The number of ether oxygens (including phenoxy) is 2. The molecule has 0 saturated heterocycles. The summed E-state index contributed by atoms with van der Waals surface area (Å²) in [7, 11) is 0. The Kier molecular flexibility index (Phi) is 6.84. The summed E-state index contributed by atoms with van der Waals surface area (Å²) in [6.45, 7) is 4.69. The van der Waals surface area contributed by atoms with Crippen LogP contribution in [0.25, 0.3) is 11.1 Å². The van der Waals surface area contributed by atoms with Crippen LogP contribution in [-0.2, 0) is 4.79 Å². The highest BCUT2D eigenvalue weighted by Gasteiger charge is 2.02. The van der Waals surface area contributed by atoms with Crippen LogP contribution in [0.15, 0.2) is 72.8 Å². The molecule has 0 bridgehead atoms. The topological polar surface area (TPSA) is 35.5 Å². The van der Waals surface area contributed by atoms with Gasteiger partial charge in [-0.1, -0.05) is 49.4 Å². The zero-order valence-corrected chi connectivity index (χ0v) is 14.1. The summed E-state index contributed by atoms with van der Waals surface area (Å²) < 4.78 is 10.8. The Bertz CT molecular complexity index is 695. The Labute approximate surface area is 143 Å². The van der Waals surface area contributed by atoms with Gasteiger partial charge in [-0.05, 0) is 48.7 Å². The van der Waals surface area contributed by atoms with Gasteiger partial charge in [-0.15, -0.1) is 0 Å². The molecule has 24 heavy (non-hydrogen) atoms. The number of hydrogen-bond donors (Lipinski definition) is 0. The van der Waals surface area contributed by atoms with Crippen LogP contribution >= 0.6 is 0 Å². The van der Waals surface area contributed by atoms with Crippen molar-refractivity contribution in [2.75, 3.05) is 6.61 Å². The van der Waals surface area contributed by atoms with E-state index in [1.807, 2.05) is 49.4 Å². The highest BCUT2D eigenvalue weighted by Crippen LogP contribution is 2.24. The third-order valence-electron chi connectivity index (χ3n) is 3.27. The van der Waals surface area contributed by atoms with Crippen molar-refractivity contribution < 1.29 is 14.3 Å². The lowest BCUT2D eigenvalue weighted by Crippen LogP contribution is -2.03. The van der Waals surface area contributed by atoms with Gasteiger partial charge in [-0.25, -0.2) is 4.79 Å². The Morgan fingerprint density at radius 1 is 0.917 bits per heavy atom. The second-order valence-corrected chi connectivity index (χ2v) is 5.20. The van der Waals surface area contributed by atoms with E-state index in [0.717, 1.165) is 29.9 Å². The van der Waals surface area contributed by atoms with Crippen LogP contribution in [-0.4, -0.2) is 12.6 Å². The van der Waals surface area contributed by atoms with Gasteiger partial charge in [0.05, 0.1) is 6.61 Å². The van der Waals surface area contributed by atoms with Gasteiger partial charge in [0.1, 0.15) is 11.5 Å². The van der Waals surface area contributed by atoms with Crippen molar-refractivity contribution in [2.24, 2.45) is 0 Å². The smallest absolute Gasteiger partial charge is 0.336 e. The summed E-state index contributed by atoms with van der Waals surface area (Å²) in [6.07, 6.45) is 7.66. The normalized spacial score (nSPS) is 11.1. The molecule has 2 rings (SSSR count). The van der Waals surface area contributed by atoms with Crippen LogP contribution in [0, 0.1) is 0 Å². The first kappa shape index (κ1) is 17.5. The minimum atomic E-state index is -0.390. The largest absolute Gasteiger partial charge is 0.494 e. The Morgan fingerprint density at radius 3 is 2.04 bits per heavy atom. The molecule has 0 amide bonds. The summed E-state index contributed by atoms with van der Waals surface area (Å²) >= 11 is 0. The molecule has 0 aliphatic rings. The van der Waals surface area contributed by atoms with Gasteiger partial charge >= 0.3 is 5.97 Å². The number of allylic oxidation sites excluding steroid dienone is 3. The third-order valence-corrected chi connectivity index (χ3v) is 3.27. The van der Waals surface area contributed by atoms with Crippen molar-refractivity contribution in [2.45, 2.75) is 20.3 Å². The summed E-state index contributed by atoms with van der Waals surface area (Å²) in [4.78, 5) is 11.6. The minimum absolute atomic E-state index is 0.390. The van der Waals surface area contributed by atoms with Crippen LogP contribution < -0.4 is 9.47 Å². The fourth-order valence-corrected chi connectivity index (χ4v) is 2.07. The van der Waals surface area contributed by atoms with Crippen molar-refractivity contribution in [3.8, 4) is 22.6 Å². The Hall–Kier alpha value is -2.81. The van der Waals surface area contributed by atoms with Crippen LogP contribution in [0.1, 0.15) is 20.3 Å². The number of benzene rings is 2. The summed E-state index contributed by atoms with van der Waals surface area (Å²) in [5, 5.41) is 0. The fourth-order valence-electron chi connectivity index (χ4n) is 2.07. The molecule has 0 fully saturated rings. The first-order valence-corrected chi connectivity index (χ1v) is 8.07. The van der Waals surface area contributed by atoms with Gasteiger partial charge in [0, 0.05) is 6.08 Å². The van der Waals surface area contributed by atoms with E-state index in [1.54, 1.807) is 24.3 Å². The number of rotatable bonds is 7. The van der Waals surface area contributed by atoms with Crippen LogP contribution in [0.3, 0.4) is 0 Å². The first-order chi connectivity index (χ1) is 11.7. The van der Waals surface area contributed by atoms with E-state index in [1.165, 1.54) is 6.08 Å². The summed E-state index contributed by atoms with van der Waals surface area (Å²) in [5.41, 5.74) is 2.14. The monoisotopic (exact) mass is 322 g/mol. The van der Waals surface area contributed by atoms with E-state index in [-0.39, 0.29) is 0 Å². The summed E-state index contributed by atoms with van der Waals surface area (Å²) in [6, 6.07) is 15.4. The molecule has 2 aromatic carbocycles. The van der Waals surface area contributed by atoms with E-state index in [4.69, 9.17) is 9.47 Å². The molecule has 0 aliphatic carbocycles. The SMILES string of the molecule is CC=CC=CC(=O)Oc1ccc(-c2ccc(OCCC)cc2)cc1. The van der Waals surface area contributed by atoms with Crippen molar-refractivity contribution in [3.05, 3.63) is 72.8 Å². The third kappa shape index (κ3) is 5.43. The zero-order chi connectivity index (χ0) is 17.2. The molecule has 0 aliphatic heterocycles. The molecule has 3 heteroatoms. The van der Waals surface area contributed by atoms with E-state index in [2.05, 4.69) is 6.92 Å². The van der Waals surface area contributed by atoms with Crippen molar-refractivity contribution in [3.63, 3.8) is 0 Å². The second-order valence-electron chi connectivity index (χ2n) is 5.20. The maximum absolute atomic E-state index is 11.6. The average Bonchev–Trinajstić information content (AvgIpc) is 2.61. The molecular weight excluding hydrogens is 300 g/mol. The lowest BCUT2D eigenvalue weighted by Gasteiger charge is -2.07. The van der Waals surface area contributed by atoms with E-state index >= 15 is 0 Å². The quantitative estimate of drug-likeness (QED) is 0.305. The zero-order valence-electron chi connectivity index (χ0n) is 14.1. The minimum Gasteiger partial charge on any atom is -0.494 e. The molecule has 0 aromatic heterocycles. The summed E-state index contributed by atoms with van der Waals surface area (Å²) in [5.74, 6) is 1.01. The van der Waals surface area contributed by atoms with Crippen LogP contribution in [0.5, 0.6) is 11.5 Å². The lowest BCUT2D eigenvalue weighted by atomic mass is 10.1. The fraction of sp³-hybridized carbons (Fsp3) is 0.190. The number of carbonyl (C=O) groups is 1. The molecule has 2 aromatic rings. The van der Waals surface area contributed by atoms with Gasteiger partial charge < -0.3 is 9.47 Å². The molecule has 0 radical (unpaired) electrons. The molecule has 3 nitrogen and oxygen atoms in total. The number of hydrogen-bond acceptors (Lipinski definition) is 3. The first-order valence-electron chi connectivity index (χ1n) is 8.07. The maximum Gasteiger partial charge on any atom is 0.336 e. The van der Waals surface area contributed by atoms with E-state index < -0.39 is 5.97 Å². The second kappa shape index (κ2) is 9.36. The number of esters is 1. The van der Waals surface area contributed by atoms with Gasteiger partial charge in [0.25, 0.3) is 0 Å². The van der Waals surface area contributed by atoms with Crippen LogP contribution in [0.4, 0.5) is 0 Å². The molecule has 0 heterocycles. The predicted octanol–water partition coefficient (Wildman–Crippen LogP) is 5.18. The van der Waals surface area contributed by atoms with Crippen molar-refractivity contribution >= 4 is 5.97 Å². The molecular formula is C21H22O3. The van der Waals surface area contributed by atoms with Crippen molar-refractivity contribution in [1.82, 2.24) is 0 Å². The molecule has 0 saturated carbocycles. The van der Waals surface area contributed by atoms with E-state index in [9.17, 15) is 4.79 Å². The van der Waals surface area contributed by atoms with Gasteiger partial charge in [0.15, 0.2) is 0 Å². The van der Waals surface area contributed by atoms with E-state index in [0.29, 0.717) is 5.75 Å². The molecule has 0 N–H and O–H groups in total. The molecule has 0 atom stereocenters. The van der Waals surface area contributed by atoms with Gasteiger partial charge in [-0.3, -0.25) is 0 Å². The van der Waals surface area contributed by atoms with Gasteiger partial charge in [0.2, 0.25) is 0 Å². The highest BCUT2D eigenvalue weighted by molar-refractivity contribution is 5.84. The Balaban J connectivity index is 1.99. The predicted molar refractivity (Wildman–Crippen MR) is 97.3 cm³/mol.